The van der Waals surface area contributed by atoms with Crippen LogP contribution >= 0.6 is 0 Å². The van der Waals surface area contributed by atoms with Gasteiger partial charge in [0.05, 0.1) is 25.5 Å². The fourth-order valence-electron chi connectivity index (χ4n) is 4.42. The third-order valence-electron chi connectivity index (χ3n) is 6.42. The number of hydrogen-bond acceptors (Lipinski definition) is 7. The Kier molecular flexibility index (Phi) is 6.43. The van der Waals surface area contributed by atoms with Crippen molar-refractivity contribution in [3.63, 3.8) is 0 Å². The maximum atomic E-state index is 9.83. The molecule has 1 aromatic heterocycles. The first kappa shape index (κ1) is 22.2. The standard InChI is InChI=1S/C24H31N5O3/c1-16(25)22(17(2)31)20-14-21(29-10-12-32-13-11-29)28-23(27-20)26-19-6-4-18(5-7-19)24(15-30)8-3-9-24/h4-7,14,25,30-31H,3,8-13,15H2,1-2H3,(H,26,27,28)/p+1/b22-17+,25-16?. The number of aliphatic hydroxyl groups excluding tert-OH is 1. The Labute approximate surface area is 188 Å². The minimum atomic E-state index is -0.0920. The van der Waals surface area contributed by atoms with Gasteiger partial charge in [-0.3, -0.25) is 0 Å². The zero-order valence-corrected chi connectivity index (χ0v) is 18.7. The quantitative estimate of drug-likeness (QED) is 0.348. The molecule has 8 heteroatoms. The fraction of sp³-hybridized carbons (Fsp3) is 0.458. The van der Waals surface area contributed by atoms with Crippen LogP contribution in [0.5, 0.6) is 0 Å². The largest absolute Gasteiger partial charge is 0.596 e. The summed E-state index contributed by atoms with van der Waals surface area (Å²) in [5.41, 5.74) is 3.30. The lowest BCUT2D eigenvalue weighted by Gasteiger charge is -2.40. The molecule has 5 N–H and O–H groups in total. The van der Waals surface area contributed by atoms with Crippen molar-refractivity contribution in [2.75, 3.05) is 43.1 Å². The molecule has 2 heterocycles. The third kappa shape index (κ3) is 4.47. The highest BCUT2D eigenvalue weighted by molar-refractivity contribution is 6.21. The van der Waals surface area contributed by atoms with Gasteiger partial charge in [0, 0.05) is 42.9 Å². The lowest BCUT2D eigenvalue weighted by molar-refractivity contribution is 0.120. The molecule has 8 nitrogen and oxygen atoms in total. The van der Waals surface area contributed by atoms with E-state index in [-0.39, 0.29) is 12.0 Å². The molecule has 1 aliphatic heterocycles. The average molecular weight is 439 g/mol. The molecule has 1 aromatic carbocycles. The summed E-state index contributed by atoms with van der Waals surface area (Å²) in [6.45, 7) is 6.27. The molecule has 1 saturated heterocycles. The van der Waals surface area contributed by atoms with Crippen LogP contribution in [0.3, 0.4) is 0 Å². The van der Waals surface area contributed by atoms with Gasteiger partial charge in [-0.15, -0.1) is 0 Å². The Hall–Kier alpha value is -2.97. The third-order valence-corrected chi connectivity index (χ3v) is 6.42. The van der Waals surface area contributed by atoms with E-state index in [1.54, 1.807) is 13.8 Å². The van der Waals surface area contributed by atoms with Crippen LogP contribution in [0.2, 0.25) is 0 Å². The second kappa shape index (κ2) is 9.26. The Morgan fingerprint density at radius 1 is 1.19 bits per heavy atom. The summed E-state index contributed by atoms with van der Waals surface area (Å²) >= 11 is 0. The molecular formula is C24H32N5O3+. The van der Waals surface area contributed by atoms with Crippen molar-refractivity contribution in [2.45, 2.75) is 38.5 Å². The normalized spacial score (nSPS) is 18.5. The van der Waals surface area contributed by atoms with E-state index in [0.717, 1.165) is 49.4 Å². The van der Waals surface area contributed by atoms with Gasteiger partial charge in [0.15, 0.2) is 0 Å². The van der Waals surface area contributed by atoms with Crippen molar-refractivity contribution < 1.29 is 14.9 Å². The van der Waals surface area contributed by atoms with E-state index in [0.29, 0.717) is 41.9 Å². The van der Waals surface area contributed by atoms with E-state index in [2.05, 4.69) is 27.3 Å². The highest BCUT2D eigenvalue weighted by atomic mass is 16.5. The van der Waals surface area contributed by atoms with Crippen molar-refractivity contribution >= 4 is 28.7 Å². The van der Waals surface area contributed by atoms with E-state index < -0.39 is 0 Å². The van der Waals surface area contributed by atoms with E-state index in [1.165, 1.54) is 0 Å². The number of ether oxygens (including phenoxy) is 1. The summed E-state index contributed by atoms with van der Waals surface area (Å²) in [7, 11) is 0. The van der Waals surface area contributed by atoms with Crippen LogP contribution in [-0.2, 0) is 10.2 Å². The first-order valence-corrected chi connectivity index (χ1v) is 11.1. The number of rotatable bonds is 7. The number of nitrogens with zero attached hydrogens (tertiary/aromatic N) is 3. The molecular weight excluding hydrogens is 406 g/mol. The number of aliphatic hydroxyl groups is 1. The summed E-state index contributed by atoms with van der Waals surface area (Å²) in [4.78, 5) is 11.5. The van der Waals surface area contributed by atoms with E-state index in [1.807, 2.05) is 18.2 Å². The average Bonchev–Trinajstić information content (AvgIpc) is 2.74. The monoisotopic (exact) mass is 438 g/mol. The highest BCUT2D eigenvalue weighted by Gasteiger charge is 2.37. The smallest absolute Gasteiger partial charge is 0.237 e. The van der Waals surface area contributed by atoms with Crippen LogP contribution in [0.25, 0.3) is 5.57 Å². The minimum Gasteiger partial charge on any atom is -0.596 e. The van der Waals surface area contributed by atoms with E-state index in [9.17, 15) is 5.11 Å². The summed E-state index contributed by atoms with van der Waals surface area (Å²) in [5, 5.41) is 29.4. The van der Waals surface area contributed by atoms with Gasteiger partial charge in [0.1, 0.15) is 11.4 Å². The van der Waals surface area contributed by atoms with Gasteiger partial charge in [-0.1, -0.05) is 18.6 Å². The first-order chi connectivity index (χ1) is 15.4. The zero-order valence-electron chi connectivity index (χ0n) is 18.7. The van der Waals surface area contributed by atoms with Crippen LogP contribution in [0.15, 0.2) is 36.1 Å². The van der Waals surface area contributed by atoms with Crippen molar-refractivity contribution in [1.29, 1.82) is 5.41 Å². The van der Waals surface area contributed by atoms with Crippen molar-refractivity contribution in [1.82, 2.24) is 9.97 Å². The van der Waals surface area contributed by atoms with Gasteiger partial charge in [-0.25, -0.2) is 4.98 Å². The minimum absolute atomic E-state index is 0.0920. The Morgan fingerprint density at radius 3 is 2.41 bits per heavy atom. The topological polar surface area (TPSA) is 117 Å². The molecule has 32 heavy (non-hydrogen) atoms. The number of nitrogens with one attached hydrogen (secondary N) is 2. The van der Waals surface area contributed by atoms with Crippen LogP contribution < -0.4 is 10.2 Å². The molecule has 0 amide bonds. The summed E-state index contributed by atoms with van der Waals surface area (Å²) < 4.78 is 5.47. The second-order valence-corrected chi connectivity index (χ2v) is 8.65. The van der Waals surface area contributed by atoms with Crippen molar-refractivity contribution in [3.05, 3.63) is 47.3 Å². The SMILES string of the molecule is CC(=N)/C(=C(/C)[OH2+])c1cc(N2CCOCC2)nc(Nc2ccc(C3(CO)CCC3)cc2)n1. The molecule has 0 bridgehead atoms. The van der Waals surface area contributed by atoms with Gasteiger partial charge >= 0.3 is 0 Å². The molecule has 170 valence electrons. The summed E-state index contributed by atoms with van der Waals surface area (Å²) in [6, 6.07) is 9.96. The van der Waals surface area contributed by atoms with Gasteiger partial charge in [-0.05, 0) is 37.5 Å². The molecule has 1 saturated carbocycles. The lowest BCUT2D eigenvalue weighted by Crippen LogP contribution is -2.37. The highest BCUT2D eigenvalue weighted by Crippen LogP contribution is 2.43. The molecule has 1 aliphatic carbocycles. The number of benzene rings is 1. The lowest BCUT2D eigenvalue weighted by atomic mass is 9.65. The molecule has 0 unspecified atom stereocenters. The molecule has 2 fully saturated rings. The van der Waals surface area contributed by atoms with E-state index in [4.69, 9.17) is 20.2 Å². The Bertz CT molecular complexity index is 999. The van der Waals surface area contributed by atoms with Gasteiger partial charge in [0.2, 0.25) is 11.7 Å². The first-order valence-electron chi connectivity index (χ1n) is 11.1. The van der Waals surface area contributed by atoms with Crippen LogP contribution in [-0.4, -0.2) is 58.8 Å². The number of anilines is 3. The molecule has 2 aromatic rings. The fourth-order valence-corrected chi connectivity index (χ4v) is 4.42. The van der Waals surface area contributed by atoms with Crippen molar-refractivity contribution in [3.8, 4) is 0 Å². The Morgan fingerprint density at radius 2 is 1.88 bits per heavy atom. The van der Waals surface area contributed by atoms with Gasteiger partial charge in [-0.2, -0.15) is 4.98 Å². The zero-order chi connectivity index (χ0) is 22.7. The molecule has 0 radical (unpaired) electrons. The number of hydrogen-bond donors (Lipinski definition) is 3. The van der Waals surface area contributed by atoms with Crippen LogP contribution in [0.1, 0.15) is 44.4 Å². The number of morpholine rings is 1. The second-order valence-electron chi connectivity index (χ2n) is 8.65. The maximum Gasteiger partial charge on any atom is 0.237 e. The number of allylic oxidation sites excluding steroid dienone is 2. The summed E-state index contributed by atoms with van der Waals surface area (Å²) in [6.07, 6.45) is 3.20. The van der Waals surface area contributed by atoms with Gasteiger partial charge < -0.3 is 30.6 Å². The predicted molar refractivity (Wildman–Crippen MR) is 127 cm³/mol. The molecule has 2 aliphatic rings. The van der Waals surface area contributed by atoms with Crippen LogP contribution in [0, 0.1) is 5.41 Å². The van der Waals surface area contributed by atoms with Crippen LogP contribution in [0.4, 0.5) is 17.5 Å². The Balaban J connectivity index is 1.65. The molecule has 4 rings (SSSR count). The van der Waals surface area contributed by atoms with E-state index >= 15 is 0 Å². The number of aromatic nitrogens is 2. The van der Waals surface area contributed by atoms with Crippen molar-refractivity contribution in [2.24, 2.45) is 0 Å². The summed E-state index contributed by atoms with van der Waals surface area (Å²) in [5.74, 6) is 1.48. The predicted octanol–water partition coefficient (Wildman–Crippen LogP) is 2.97. The molecule has 0 atom stereocenters. The van der Waals surface area contributed by atoms with Gasteiger partial charge in [0.25, 0.3) is 0 Å². The maximum absolute atomic E-state index is 9.83. The molecule has 0 spiro atoms.